The smallest absolute Gasteiger partial charge is 0.158 e. The van der Waals surface area contributed by atoms with Crippen LogP contribution < -0.4 is 5.32 Å². The molecule has 2 unspecified atom stereocenters. The van der Waals surface area contributed by atoms with Gasteiger partial charge >= 0.3 is 0 Å². The summed E-state index contributed by atoms with van der Waals surface area (Å²) in [6.45, 7) is 4.09. The quantitative estimate of drug-likeness (QED) is 0.866. The fourth-order valence-corrected chi connectivity index (χ4v) is 3.89. The van der Waals surface area contributed by atoms with Crippen molar-refractivity contribution in [3.8, 4) is 0 Å². The van der Waals surface area contributed by atoms with Crippen LogP contribution in [0, 0.1) is 0 Å². The standard InChI is InChI=1S/C16H25N3OS/c1-2-7-17-13-5-3-4-6-14-12(13)10-18-16(19-14)15-11-21-9-8-20-15/h10,13,15,17H,2-9,11H2,1H3. The molecule has 1 aliphatic carbocycles. The molecule has 0 aromatic carbocycles. The summed E-state index contributed by atoms with van der Waals surface area (Å²) in [5.74, 6) is 2.96. The fraction of sp³-hybridized carbons (Fsp3) is 0.750. The lowest BCUT2D eigenvalue weighted by atomic mass is 10.0. The minimum Gasteiger partial charge on any atom is -0.368 e. The van der Waals surface area contributed by atoms with Gasteiger partial charge < -0.3 is 10.1 Å². The van der Waals surface area contributed by atoms with E-state index in [0.29, 0.717) is 6.04 Å². The number of thioether (sulfide) groups is 1. The van der Waals surface area contributed by atoms with Crippen molar-refractivity contribution < 1.29 is 4.74 Å². The molecule has 5 heteroatoms. The third kappa shape index (κ3) is 3.76. The van der Waals surface area contributed by atoms with Gasteiger partial charge in [-0.1, -0.05) is 13.3 Å². The molecule has 1 aromatic heterocycles. The van der Waals surface area contributed by atoms with Gasteiger partial charge in [-0.2, -0.15) is 11.8 Å². The van der Waals surface area contributed by atoms with E-state index in [1.807, 2.05) is 11.8 Å². The highest BCUT2D eigenvalue weighted by Crippen LogP contribution is 2.30. The Bertz CT molecular complexity index is 463. The first-order valence-corrected chi connectivity index (χ1v) is 9.32. The normalized spacial score (nSPS) is 26.1. The summed E-state index contributed by atoms with van der Waals surface area (Å²) >= 11 is 1.93. The van der Waals surface area contributed by atoms with Crippen molar-refractivity contribution >= 4 is 11.8 Å². The molecular formula is C16H25N3OS. The van der Waals surface area contributed by atoms with Crippen molar-refractivity contribution in [2.75, 3.05) is 24.7 Å². The van der Waals surface area contributed by atoms with Gasteiger partial charge in [-0.25, -0.2) is 9.97 Å². The molecular weight excluding hydrogens is 282 g/mol. The zero-order chi connectivity index (χ0) is 14.5. The van der Waals surface area contributed by atoms with Crippen molar-refractivity contribution in [1.82, 2.24) is 15.3 Å². The van der Waals surface area contributed by atoms with E-state index in [1.165, 1.54) is 30.5 Å². The summed E-state index contributed by atoms with van der Waals surface area (Å²) in [6.07, 6.45) is 8.08. The van der Waals surface area contributed by atoms with Gasteiger partial charge in [0.2, 0.25) is 0 Å². The predicted molar refractivity (Wildman–Crippen MR) is 86.6 cm³/mol. The highest BCUT2D eigenvalue weighted by Gasteiger charge is 2.24. The fourth-order valence-electron chi connectivity index (χ4n) is 3.05. The molecule has 0 radical (unpaired) electrons. The first-order chi connectivity index (χ1) is 10.4. The average Bonchev–Trinajstić information content (AvgIpc) is 2.75. The van der Waals surface area contributed by atoms with E-state index in [0.717, 1.165) is 43.3 Å². The van der Waals surface area contributed by atoms with E-state index in [4.69, 9.17) is 9.72 Å². The highest BCUT2D eigenvalue weighted by atomic mass is 32.2. The third-order valence-electron chi connectivity index (χ3n) is 4.20. The number of hydrogen-bond donors (Lipinski definition) is 1. The minimum absolute atomic E-state index is 0.0827. The molecule has 4 nitrogen and oxygen atoms in total. The van der Waals surface area contributed by atoms with Crippen LogP contribution >= 0.6 is 11.8 Å². The molecule has 2 atom stereocenters. The van der Waals surface area contributed by atoms with Crippen LogP contribution in [0.15, 0.2) is 6.20 Å². The summed E-state index contributed by atoms with van der Waals surface area (Å²) in [7, 11) is 0. The minimum atomic E-state index is 0.0827. The number of fused-ring (bicyclic) bond motifs is 1. The van der Waals surface area contributed by atoms with Crippen molar-refractivity contribution in [2.24, 2.45) is 0 Å². The van der Waals surface area contributed by atoms with Gasteiger partial charge in [-0.05, 0) is 32.2 Å². The second kappa shape index (κ2) is 7.56. The molecule has 1 aliphatic heterocycles. The van der Waals surface area contributed by atoms with Crippen molar-refractivity contribution in [3.63, 3.8) is 0 Å². The maximum absolute atomic E-state index is 5.82. The molecule has 0 bridgehead atoms. The van der Waals surface area contributed by atoms with Crippen LogP contribution in [0.5, 0.6) is 0 Å². The summed E-state index contributed by atoms with van der Waals surface area (Å²) in [6, 6.07) is 0.429. The monoisotopic (exact) mass is 307 g/mol. The second-order valence-corrected chi connectivity index (χ2v) is 6.97. The number of rotatable bonds is 4. The first-order valence-electron chi connectivity index (χ1n) is 8.17. The van der Waals surface area contributed by atoms with Crippen LogP contribution in [0.25, 0.3) is 0 Å². The zero-order valence-corrected chi connectivity index (χ0v) is 13.6. The van der Waals surface area contributed by atoms with Crippen molar-refractivity contribution in [2.45, 2.75) is 51.2 Å². The molecule has 1 N–H and O–H groups in total. The Kier molecular flexibility index (Phi) is 5.49. The van der Waals surface area contributed by atoms with Crippen LogP contribution in [0.1, 0.15) is 61.8 Å². The first kappa shape index (κ1) is 15.3. The lowest BCUT2D eigenvalue weighted by molar-refractivity contribution is 0.0692. The molecule has 116 valence electrons. The Balaban J connectivity index is 1.80. The Morgan fingerprint density at radius 3 is 3.19 bits per heavy atom. The van der Waals surface area contributed by atoms with E-state index >= 15 is 0 Å². The molecule has 1 saturated heterocycles. The van der Waals surface area contributed by atoms with E-state index in [1.54, 1.807) is 0 Å². The molecule has 3 rings (SSSR count). The molecule has 0 amide bonds. The largest absolute Gasteiger partial charge is 0.368 e. The maximum Gasteiger partial charge on any atom is 0.158 e. The molecule has 1 aromatic rings. The number of aromatic nitrogens is 2. The van der Waals surface area contributed by atoms with Crippen LogP contribution in [0.4, 0.5) is 0 Å². The van der Waals surface area contributed by atoms with Gasteiger partial charge in [-0.3, -0.25) is 0 Å². The molecule has 21 heavy (non-hydrogen) atoms. The van der Waals surface area contributed by atoms with Crippen LogP contribution in [0.3, 0.4) is 0 Å². The summed E-state index contributed by atoms with van der Waals surface area (Å²) in [4.78, 5) is 9.49. The van der Waals surface area contributed by atoms with Gasteiger partial charge in [0, 0.05) is 35.0 Å². The Hall–Kier alpha value is -0.650. The Morgan fingerprint density at radius 1 is 1.43 bits per heavy atom. The van der Waals surface area contributed by atoms with Crippen molar-refractivity contribution in [1.29, 1.82) is 0 Å². The van der Waals surface area contributed by atoms with E-state index in [2.05, 4.69) is 23.4 Å². The zero-order valence-electron chi connectivity index (χ0n) is 12.8. The van der Waals surface area contributed by atoms with Gasteiger partial charge in [0.1, 0.15) is 6.10 Å². The van der Waals surface area contributed by atoms with Crippen LogP contribution in [-0.4, -0.2) is 34.6 Å². The Labute approximate surface area is 131 Å². The SMILES string of the molecule is CCCNC1CCCCc2nc(C3CSCCO3)ncc21. The van der Waals surface area contributed by atoms with Gasteiger partial charge in [0.15, 0.2) is 5.82 Å². The second-order valence-electron chi connectivity index (χ2n) is 5.82. The lowest BCUT2D eigenvalue weighted by Crippen LogP contribution is -2.24. The van der Waals surface area contributed by atoms with Gasteiger partial charge in [-0.15, -0.1) is 0 Å². The third-order valence-corrected chi connectivity index (χ3v) is 5.19. The van der Waals surface area contributed by atoms with Crippen LogP contribution in [0.2, 0.25) is 0 Å². The molecule has 0 spiro atoms. The maximum atomic E-state index is 5.82. The molecule has 2 heterocycles. The summed E-state index contributed by atoms with van der Waals surface area (Å²) in [5, 5.41) is 3.65. The Morgan fingerprint density at radius 2 is 2.38 bits per heavy atom. The average molecular weight is 307 g/mol. The highest BCUT2D eigenvalue weighted by molar-refractivity contribution is 7.99. The van der Waals surface area contributed by atoms with E-state index in [-0.39, 0.29) is 6.10 Å². The van der Waals surface area contributed by atoms with Gasteiger partial charge in [0.05, 0.1) is 6.61 Å². The molecule has 2 aliphatic rings. The van der Waals surface area contributed by atoms with Crippen molar-refractivity contribution in [3.05, 3.63) is 23.3 Å². The van der Waals surface area contributed by atoms with E-state index in [9.17, 15) is 0 Å². The number of nitrogens with zero attached hydrogens (tertiary/aromatic N) is 2. The van der Waals surface area contributed by atoms with E-state index < -0.39 is 0 Å². The van der Waals surface area contributed by atoms with Crippen LogP contribution in [-0.2, 0) is 11.2 Å². The number of aryl methyl sites for hydroxylation is 1. The topological polar surface area (TPSA) is 47.0 Å². The summed E-state index contributed by atoms with van der Waals surface area (Å²) in [5.41, 5.74) is 2.55. The number of nitrogens with one attached hydrogen (secondary N) is 1. The lowest BCUT2D eigenvalue weighted by Gasteiger charge is -2.23. The molecule has 1 fully saturated rings. The predicted octanol–water partition coefficient (Wildman–Crippen LogP) is 3.05. The van der Waals surface area contributed by atoms with Gasteiger partial charge in [0.25, 0.3) is 0 Å². The summed E-state index contributed by atoms with van der Waals surface area (Å²) < 4.78 is 5.82. The molecule has 0 saturated carbocycles. The number of ether oxygens (including phenoxy) is 1. The number of hydrogen-bond acceptors (Lipinski definition) is 5.